The third-order valence-corrected chi connectivity index (χ3v) is 5.92. The number of para-hydroxylation sites is 1. The van der Waals surface area contributed by atoms with Gasteiger partial charge in [0.1, 0.15) is 5.54 Å². The third-order valence-electron chi connectivity index (χ3n) is 5.92. The Balaban J connectivity index is 1.22. The minimum Gasteiger partial charge on any atom is -0.356 e. The number of rotatable bonds is 7. The maximum Gasteiger partial charge on any atom is 0.325 e. The van der Waals surface area contributed by atoms with Crippen LogP contribution in [0, 0.1) is 0 Å². The van der Waals surface area contributed by atoms with E-state index in [0.29, 0.717) is 19.4 Å². The molecule has 1 aliphatic carbocycles. The van der Waals surface area contributed by atoms with Crippen LogP contribution in [0.1, 0.15) is 44.1 Å². The summed E-state index contributed by atoms with van der Waals surface area (Å²) in [6.45, 7) is 0.813. The quantitative estimate of drug-likeness (QED) is 0.706. The predicted octanol–water partition coefficient (Wildman–Crippen LogP) is 2.54. The first-order valence-corrected chi connectivity index (χ1v) is 10.3. The summed E-state index contributed by atoms with van der Waals surface area (Å²) in [5.41, 5.74) is 1.39. The molecule has 29 heavy (non-hydrogen) atoms. The number of amides is 4. The number of aromatic nitrogens is 1. The number of nitrogens with one attached hydrogen (secondary N) is 2. The lowest BCUT2D eigenvalue weighted by atomic mass is 9.98. The summed E-state index contributed by atoms with van der Waals surface area (Å²) in [6, 6.07) is 9.66. The van der Waals surface area contributed by atoms with Gasteiger partial charge in [0, 0.05) is 31.1 Å². The van der Waals surface area contributed by atoms with Crippen molar-refractivity contribution < 1.29 is 14.4 Å². The number of nitrogens with zero attached hydrogens (tertiary/aromatic N) is 2. The summed E-state index contributed by atoms with van der Waals surface area (Å²) in [7, 11) is 0. The summed E-state index contributed by atoms with van der Waals surface area (Å²) in [4.78, 5) is 42.6. The molecule has 0 radical (unpaired) electrons. The lowest BCUT2D eigenvalue weighted by molar-refractivity contribution is -0.131. The molecular weight excluding hydrogens is 368 g/mol. The fraction of sp³-hybridized carbons (Fsp3) is 0.455. The van der Waals surface area contributed by atoms with Crippen LogP contribution in [-0.4, -0.2) is 46.4 Å². The van der Waals surface area contributed by atoms with Gasteiger partial charge in [0.2, 0.25) is 5.91 Å². The molecule has 2 heterocycles. The van der Waals surface area contributed by atoms with Crippen LogP contribution in [0.2, 0.25) is 0 Å². The topological polar surface area (TPSA) is 91.4 Å². The second-order valence-electron chi connectivity index (χ2n) is 7.87. The molecule has 152 valence electrons. The lowest BCUT2D eigenvalue weighted by Gasteiger charge is -2.19. The zero-order valence-electron chi connectivity index (χ0n) is 16.4. The van der Waals surface area contributed by atoms with E-state index < -0.39 is 5.54 Å². The molecule has 1 saturated heterocycles. The van der Waals surface area contributed by atoms with Gasteiger partial charge in [-0.1, -0.05) is 37.1 Å². The van der Waals surface area contributed by atoms with Crippen LogP contribution < -0.4 is 10.6 Å². The zero-order valence-corrected chi connectivity index (χ0v) is 16.4. The number of carbonyl (C=O) groups excluding carboxylic acids is 3. The molecule has 2 N–H and O–H groups in total. The van der Waals surface area contributed by atoms with Crippen LogP contribution in [0.15, 0.2) is 36.5 Å². The molecule has 2 aromatic rings. The Morgan fingerprint density at radius 2 is 1.97 bits per heavy atom. The fourth-order valence-electron chi connectivity index (χ4n) is 4.39. The zero-order chi connectivity index (χ0) is 20.3. The molecule has 4 rings (SSSR count). The van der Waals surface area contributed by atoms with E-state index in [4.69, 9.17) is 0 Å². The number of carbonyl (C=O) groups is 3. The molecule has 7 nitrogen and oxygen atoms in total. The van der Waals surface area contributed by atoms with Crippen molar-refractivity contribution in [3.05, 3.63) is 42.1 Å². The first kappa shape index (κ1) is 19.4. The lowest BCUT2D eigenvalue weighted by Crippen LogP contribution is -2.44. The van der Waals surface area contributed by atoms with Crippen LogP contribution >= 0.6 is 0 Å². The Labute approximate surface area is 169 Å². The van der Waals surface area contributed by atoms with Gasteiger partial charge in [-0.25, -0.2) is 4.79 Å². The molecular formula is C22H26N4O3. The Hall–Kier alpha value is -2.96. The maximum absolute atomic E-state index is 12.6. The molecule has 4 amide bonds. The first-order valence-electron chi connectivity index (χ1n) is 10.3. The van der Waals surface area contributed by atoms with E-state index in [9.17, 15) is 14.4 Å². The molecule has 1 aromatic carbocycles. The van der Waals surface area contributed by atoms with E-state index in [0.717, 1.165) is 42.1 Å². The number of hydrogen-bond donors (Lipinski definition) is 2. The van der Waals surface area contributed by atoms with Crippen molar-refractivity contribution in [1.82, 2.24) is 20.5 Å². The van der Waals surface area contributed by atoms with Crippen LogP contribution in [0.25, 0.3) is 10.9 Å². The van der Waals surface area contributed by atoms with Crippen LogP contribution in [0.4, 0.5) is 4.79 Å². The number of urea groups is 1. The molecule has 2 fully saturated rings. The molecule has 1 spiro atoms. The minimum absolute atomic E-state index is 0.0687. The van der Waals surface area contributed by atoms with Crippen LogP contribution in [0.3, 0.4) is 0 Å². The first-order chi connectivity index (χ1) is 14.1. The minimum atomic E-state index is -0.675. The van der Waals surface area contributed by atoms with Gasteiger partial charge < -0.3 is 10.6 Å². The van der Waals surface area contributed by atoms with E-state index in [-0.39, 0.29) is 30.8 Å². The SMILES string of the molecule is O=C(CCCN1C(=O)NC2(CCCC2)C1=O)NCCc1cccc2cccnc12. The largest absolute Gasteiger partial charge is 0.356 e. The number of imide groups is 1. The Morgan fingerprint density at radius 3 is 2.79 bits per heavy atom. The second-order valence-corrected chi connectivity index (χ2v) is 7.87. The van der Waals surface area contributed by atoms with Crippen molar-refractivity contribution in [2.24, 2.45) is 0 Å². The van der Waals surface area contributed by atoms with Gasteiger partial charge in [-0.3, -0.25) is 19.5 Å². The number of pyridine rings is 1. The van der Waals surface area contributed by atoms with E-state index >= 15 is 0 Å². The standard InChI is InChI=1S/C22H26N4O3/c27-18(23-14-10-17-7-3-6-16-8-4-13-24-19(16)17)9-5-15-26-20(28)22(25-21(26)29)11-1-2-12-22/h3-4,6-8,13H,1-2,5,9-12,14-15H2,(H,23,27)(H,25,29). The average Bonchev–Trinajstić information content (AvgIpc) is 3.28. The molecule has 0 bridgehead atoms. The summed E-state index contributed by atoms with van der Waals surface area (Å²) < 4.78 is 0. The van der Waals surface area contributed by atoms with E-state index in [2.05, 4.69) is 15.6 Å². The van der Waals surface area contributed by atoms with E-state index in [1.165, 1.54) is 4.90 Å². The second kappa shape index (κ2) is 8.19. The Kier molecular flexibility index (Phi) is 5.47. The summed E-state index contributed by atoms with van der Waals surface area (Å²) in [5.74, 6) is -0.190. The molecule has 2 aliphatic rings. The Morgan fingerprint density at radius 1 is 1.17 bits per heavy atom. The van der Waals surface area contributed by atoms with Gasteiger partial charge in [-0.2, -0.15) is 0 Å². The smallest absolute Gasteiger partial charge is 0.325 e. The van der Waals surface area contributed by atoms with Crippen molar-refractivity contribution in [2.75, 3.05) is 13.1 Å². The van der Waals surface area contributed by atoms with Crippen molar-refractivity contribution in [3.63, 3.8) is 0 Å². The molecule has 1 aliphatic heterocycles. The summed E-state index contributed by atoms with van der Waals surface area (Å²) >= 11 is 0. The number of hydrogen-bond acceptors (Lipinski definition) is 4. The highest BCUT2D eigenvalue weighted by Crippen LogP contribution is 2.35. The fourth-order valence-corrected chi connectivity index (χ4v) is 4.39. The van der Waals surface area contributed by atoms with Gasteiger partial charge in [-0.05, 0) is 37.3 Å². The normalized spacial score (nSPS) is 17.9. The Bertz CT molecular complexity index is 931. The number of benzene rings is 1. The number of fused-ring (bicyclic) bond motifs is 1. The van der Waals surface area contributed by atoms with Crippen molar-refractivity contribution in [3.8, 4) is 0 Å². The van der Waals surface area contributed by atoms with Gasteiger partial charge in [0.15, 0.2) is 0 Å². The molecule has 1 saturated carbocycles. The maximum atomic E-state index is 12.6. The highest BCUT2D eigenvalue weighted by atomic mass is 16.2. The van der Waals surface area contributed by atoms with Gasteiger partial charge in [0.25, 0.3) is 5.91 Å². The third kappa shape index (κ3) is 3.95. The van der Waals surface area contributed by atoms with Gasteiger partial charge in [-0.15, -0.1) is 0 Å². The summed E-state index contributed by atoms with van der Waals surface area (Å²) in [5, 5.41) is 6.87. The van der Waals surface area contributed by atoms with Crippen molar-refractivity contribution in [1.29, 1.82) is 0 Å². The van der Waals surface area contributed by atoms with Gasteiger partial charge in [0.05, 0.1) is 5.52 Å². The van der Waals surface area contributed by atoms with Crippen LogP contribution in [0.5, 0.6) is 0 Å². The van der Waals surface area contributed by atoms with Crippen molar-refractivity contribution >= 4 is 28.7 Å². The van der Waals surface area contributed by atoms with Gasteiger partial charge >= 0.3 is 6.03 Å². The van der Waals surface area contributed by atoms with E-state index in [1.807, 2.05) is 30.3 Å². The average molecular weight is 394 g/mol. The molecule has 1 aromatic heterocycles. The molecule has 7 heteroatoms. The van der Waals surface area contributed by atoms with Crippen LogP contribution in [-0.2, 0) is 16.0 Å². The summed E-state index contributed by atoms with van der Waals surface area (Å²) in [6.07, 6.45) is 6.61. The molecule has 0 atom stereocenters. The molecule has 0 unspecified atom stereocenters. The predicted molar refractivity (Wildman–Crippen MR) is 109 cm³/mol. The highest BCUT2D eigenvalue weighted by Gasteiger charge is 2.51. The highest BCUT2D eigenvalue weighted by molar-refractivity contribution is 6.07. The van der Waals surface area contributed by atoms with Crippen molar-refractivity contribution in [2.45, 2.75) is 50.5 Å². The van der Waals surface area contributed by atoms with E-state index in [1.54, 1.807) is 6.20 Å². The monoisotopic (exact) mass is 394 g/mol.